The molecule has 0 aliphatic heterocycles. The lowest BCUT2D eigenvalue weighted by atomic mass is 10.2. The molecule has 0 aliphatic rings. The summed E-state index contributed by atoms with van der Waals surface area (Å²) in [6.45, 7) is 21.7. The highest BCUT2D eigenvalue weighted by molar-refractivity contribution is 6.74. The van der Waals surface area contributed by atoms with Crippen molar-refractivity contribution >= 4 is 16.6 Å². The Labute approximate surface area is 133 Å². The number of ether oxygens (including phenoxy) is 2. The highest BCUT2D eigenvalue weighted by atomic mass is 28.4. The average Bonchev–Trinajstić information content (AvgIpc) is 2.28. The van der Waals surface area contributed by atoms with Crippen LogP contribution in [0.2, 0.25) is 37.8 Å². The van der Waals surface area contributed by atoms with E-state index in [4.69, 9.17) is 18.3 Å². The van der Waals surface area contributed by atoms with Gasteiger partial charge in [-0.1, -0.05) is 20.8 Å². The molecule has 0 rings (SSSR count). The molecule has 4 nitrogen and oxygen atoms in total. The summed E-state index contributed by atoms with van der Waals surface area (Å²) in [4.78, 5) is 0. The van der Waals surface area contributed by atoms with Crippen LogP contribution in [0.4, 0.5) is 0 Å². The van der Waals surface area contributed by atoms with Crippen molar-refractivity contribution in [2.45, 2.75) is 58.5 Å². The fourth-order valence-corrected chi connectivity index (χ4v) is 3.02. The molecular weight excluding hydrogens is 300 g/mol. The van der Waals surface area contributed by atoms with E-state index in [0.29, 0.717) is 39.6 Å². The Balaban J connectivity index is 3.42. The maximum Gasteiger partial charge on any atom is 0.192 e. The lowest BCUT2D eigenvalue weighted by Crippen LogP contribution is -2.41. The van der Waals surface area contributed by atoms with Gasteiger partial charge >= 0.3 is 0 Å². The predicted octanol–water partition coefficient (Wildman–Crippen LogP) is 3.89. The molecule has 0 radical (unpaired) electrons. The molecule has 0 aromatic rings. The van der Waals surface area contributed by atoms with Crippen LogP contribution in [0, 0.1) is 0 Å². The quantitative estimate of drug-likeness (QED) is 0.424. The van der Waals surface area contributed by atoms with Crippen molar-refractivity contribution in [1.29, 1.82) is 0 Å². The molecule has 0 atom stereocenters. The molecule has 0 aromatic heterocycles. The molecule has 0 fully saturated rings. The van der Waals surface area contributed by atoms with Gasteiger partial charge in [-0.05, 0) is 37.8 Å². The van der Waals surface area contributed by atoms with E-state index >= 15 is 0 Å². The first-order valence-electron chi connectivity index (χ1n) is 7.89. The van der Waals surface area contributed by atoms with Crippen LogP contribution in [0.5, 0.6) is 0 Å². The number of hydrogen-bond donors (Lipinski definition) is 0. The van der Waals surface area contributed by atoms with E-state index in [0.717, 1.165) is 0 Å². The first-order chi connectivity index (χ1) is 9.46. The summed E-state index contributed by atoms with van der Waals surface area (Å²) < 4.78 is 22.7. The second kappa shape index (κ2) is 9.42. The Morgan fingerprint density at radius 2 is 1.00 bits per heavy atom. The third-order valence-corrected chi connectivity index (χ3v) is 9.24. The topological polar surface area (TPSA) is 36.9 Å². The zero-order valence-corrected chi connectivity index (χ0v) is 17.4. The van der Waals surface area contributed by atoms with Crippen LogP contribution in [0.1, 0.15) is 20.8 Å². The number of hydrogen-bond acceptors (Lipinski definition) is 4. The second-order valence-electron chi connectivity index (χ2n) is 7.79. The molecule has 0 bridgehead atoms. The van der Waals surface area contributed by atoms with Crippen molar-refractivity contribution in [2.24, 2.45) is 0 Å². The Morgan fingerprint density at radius 3 is 1.38 bits per heavy atom. The van der Waals surface area contributed by atoms with Gasteiger partial charge in [0, 0.05) is 0 Å². The summed E-state index contributed by atoms with van der Waals surface area (Å²) in [7, 11) is -3.03. The van der Waals surface area contributed by atoms with Crippen molar-refractivity contribution in [2.75, 3.05) is 39.6 Å². The molecule has 0 unspecified atom stereocenters. The van der Waals surface area contributed by atoms with E-state index in [9.17, 15) is 0 Å². The molecular formula is C15H36O4Si2. The van der Waals surface area contributed by atoms with E-state index in [-0.39, 0.29) is 5.04 Å². The second-order valence-corrected chi connectivity index (χ2v) is 17.1. The zero-order valence-electron chi connectivity index (χ0n) is 15.4. The van der Waals surface area contributed by atoms with Gasteiger partial charge in [0.15, 0.2) is 16.6 Å². The smallest absolute Gasteiger partial charge is 0.192 e. The Morgan fingerprint density at radius 1 is 0.619 bits per heavy atom. The predicted molar refractivity (Wildman–Crippen MR) is 94.1 cm³/mol. The highest BCUT2D eigenvalue weighted by Gasteiger charge is 2.36. The lowest BCUT2D eigenvalue weighted by Gasteiger charge is -2.36. The van der Waals surface area contributed by atoms with Crippen molar-refractivity contribution in [1.82, 2.24) is 0 Å². The third kappa shape index (κ3) is 11.5. The fourth-order valence-electron chi connectivity index (χ4n) is 1.30. The van der Waals surface area contributed by atoms with Crippen LogP contribution in [-0.2, 0) is 18.3 Å². The minimum absolute atomic E-state index is 0.256. The SMILES string of the molecule is CC(C)(C)[Si](C)(C)OCCOCCOCCO[Si](C)(C)C. The van der Waals surface area contributed by atoms with Gasteiger partial charge in [0.1, 0.15) is 0 Å². The largest absolute Gasteiger partial charge is 0.415 e. The molecule has 0 spiro atoms. The molecule has 0 saturated carbocycles. The van der Waals surface area contributed by atoms with E-state index in [1.807, 2.05) is 0 Å². The van der Waals surface area contributed by atoms with Gasteiger partial charge < -0.3 is 18.3 Å². The Bertz CT molecular complexity index is 270. The van der Waals surface area contributed by atoms with Crippen LogP contribution in [0.15, 0.2) is 0 Å². The van der Waals surface area contributed by atoms with E-state index in [1.165, 1.54) is 0 Å². The molecule has 0 aliphatic carbocycles. The standard InChI is InChI=1S/C15H36O4Si2/c1-15(2,3)21(7,8)19-14-12-17-10-9-16-11-13-18-20(4,5)6/h9-14H2,1-8H3. The molecule has 0 N–H and O–H groups in total. The van der Waals surface area contributed by atoms with Gasteiger partial charge in [0.05, 0.1) is 39.6 Å². The maximum atomic E-state index is 6.03. The van der Waals surface area contributed by atoms with Gasteiger partial charge in [-0.15, -0.1) is 0 Å². The molecule has 0 amide bonds. The minimum atomic E-state index is -1.63. The molecule has 21 heavy (non-hydrogen) atoms. The fraction of sp³-hybridized carbons (Fsp3) is 1.00. The van der Waals surface area contributed by atoms with E-state index < -0.39 is 16.6 Å². The van der Waals surface area contributed by atoms with Gasteiger partial charge in [0.2, 0.25) is 0 Å². The van der Waals surface area contributed by atoms with Crippen LogP contribution in [0.3, 0.4) is 0 Å². The highest BCUT2D eigenvalue weighted by Crippen LogP contribution is 2.36. The van der Waals surface area contributed by atoms with E-state index in [1.54, 1.807) is 0 Å². The third-order valence-electron chi connectivity index (χ3n) is 3.63. The monoisotopic (exact) mass is 336 g/mol. The molecule has 6 heteroatoms. The first kappa shape index (κ1) is 21.3. The maximum absolute atomic E-state index is 6.03. The molecule has 128 valence electrons. The molecule has 0 saturated heterocycles. The lowest BCUT2D eigenvalue weighted by molar-refractivity contribution is 0.0253. The minimum Gasteiger partial charge on any atom is -0.415 e. The molecule has 0 heterocycles. The first-order valence-corrected chi connectivity index (χ1v) is 14.2. The number of rotatable bonds is 11. The summed E-state index contributed by atoms with van der Waals surface area (Å²) in [5.41, 5.74) is 0. The van der Waals surface area contributed by atoms with Crippen molar-refractivity contribution < 1.29 is 18.3 Å². The van der Waals surface area contributed by atoms with Crippen LogP contribution in [-0.4, -0.2) is 56.3 Å². The summed E-state index contributed by atoms with van der Waals surface area (Å²) in [6, 6.07) is 0. The van der Waals surface area contributed by atoms with Crippen molar-refractivity contribution in [3.63, 3.8) is 0 Å². The van der Waals surface area contributed by atoms with Gasteiger partial charge in [-0.2, -0.15) is 0 Å². The summed E-state index contributed by atoms with van der Waals surface area (Å²) in [6.07, 6.45) is 0. The summed E-state index contributed by atoms with van der Waals surface area (Å²) in [5.74, 6) is 0. The Hall–Kier alpha value is 0.274. The van der Waals surface area contributed by atoms with Gasteiger partial charge in [-0.25, -0.2) is 0 Å². The normalized spacial score (nSPS) is 13.7. The Kier molecular flexibility index (Phi) is 9.54. The van der Waals surface area contributed by atoms with E-state index in [2.05, 4.69) is 53.5 Å². The van der Waals surface area contributed by atoms with Crippen LogP contribution in [0.25, 0.3) is 0 Å². The van der Waals surface area contributed by atoms with Crippen LogP contribution >= 0.6 is 0 Å². The summed E-state index contributed by atoms with van der Waals surface area (Å²) >= 11 is 0. The molecule has 0 aromatic carbocycles. The summed E-state index contributed by atoms with van der Waals surface area (Å²) in [5, 5.41) is 0.256. The van der Waals surface area contributed by atoms with Crippen molar-refractivity contribution in [3.05, 3.63) is 0 Å². The average molecular weight is 337 g/mol. The van der Waals surface area contributed by atoms with Gasteiger partial charge in [0.25, 0.3) is 0 Å². The van der Waals surface area contributed by atoms with Crippen LogP contribution < -0.4 is 0 Å². The zero-order chi connectivity index (χ0) is 16.6. The van der Waals surface area contributed by atoms with Crippen molar-refractivity contribution in [3.8, 4) is 0 Å². The van der Waals surface area contributed by atoms with Gasteiger partial charge in [-0.3, -0.25) is 0 Å².